The Balaban J connectivity index is 2.18. The van der Waals surface area contributed by atoms with E-state index in [0.29, 0.717) is 37.4 Å². The predicted octanol–water partition coefficient (Wildman–Crippen LogP) is 1.58. The lowest BCUT2D eigenvalue weighted by molar-refractivity contribution is -0.384. The van der Waals surface area contributed by atoms with Crippen molar-refractivity contribution in [2.75, 3.05) is 18.0 Å². The number of carboxylic acids is 1. The predicted molar refractivity (Wildman–Crippen MR) is 76.4 cm³/mol. The Morgan fingerprint density at radius 2 is 2.29 bits per heavy atom. The van der Waals surface area contributed by atoms with Gasteiger partial charge in [0.2, 0.25) is 5.82 Å². The second-order valence-electron chi connectivity index (χ2n) is 5.39. The van der Waals surface area contributed by atoms with E-state index in [1.807, 2.05) is 11.8 Å². The molecule has 0 spiro atoms. The SMILES string of the molecule is CCc1nn(C)c(N2CCC(CCC(=O)O)C2)c1[N+](=O)[O-]. The van der Waals surface area contributed by atoms with Crippen LogP contribution >= 0.6 is 0 Å². The molecule has 1 atom stereocenters. The van der Waals surface area contributed by atoms with Gasteiger partial charge in [-0.25, -0.2) is 4.68 Å². The molecule has 1 aliphatic rings. The summed E-state index contributed by atoms with van der Waals surface area (Å²) < 4.78 is 1.57. The number of anilines is 1. The first kappa shape index (κ1) is 15.3. The average molecular weight is 296 g/mol. The van der Waals surface area contributed by atoms with E-state index in [0.717, 1.165) is 6.42 Å². The Bertz CT molecular complexity index is 555. The highest BCUT2D eigenvalue weighted by atomic mass is 16.6. The summed E-state index contributed by atoms with van der Waals surface area (Å²) in [7, 11) is 1.71. The van der Waals surface area contributed by atoms with E-state index in [4.69, 9.17) is 5.11 Å². The highest BCUT2D eigenvalue weighted by Gasteiger charge is 2.33. The smallest absolute Gasteiger partial charge is 0.334 e. The Labute approximate surface area is 122 Å². The quantitative estimate of drug-likeness (QED) is 0.631. The zero-order valence-corrected chi connectivity index (χ0v) is 12.3. The molecule has 21 heavy (non-hydrogen) atoms. The molecule has 1 aliphatic heterocycles. The minimum atomic E-state index is -0.798. The van der Waals surface area contributed by atoms with Crippen molar-refractivity contribution in [3.63, 3.8) is 0 Å². The lowest BCUT2D eigenvalue weighted by atomic mass is 10.0. The summed E-state index contributed by atoms with van der Waals surface area (Å²) in [6.45, 7) is 3.20. The Morgan fingerprint density at radius 3 is 2.86 bits per heavy atom. The van der Waals surface area contributed by atoms with Crippen LogP contribution in [0.4, 0.5) is 11.5 Å². The number of carboxylic acid groups (broad SMARTS) is 1. The number of carbonyl (C=O) groups is 1. The maximum atomic E-state index is 11.3. The number of aryl methyl sites for hydroxylation is 2. The molecule has 1 aromatic rings. The first-order valence-electron chi connectivity index (χ1n) is 7.11. The van der Waals surface area contributed by atoms with Crippen LogP contribution in [-0.2, 0) is 18.3 Å². The molecule has 0 bridgehead atoms. The molecule has 0 aromatic carbocycles. The van der Waals surface area contributed by atoms with Gasteiger partial charge in [-0.3, -0.25) is 14.9 Å². The van der Waals surface area contributed by atoms with E-state index in [1.54, 1.807) is 11.7 Å². The summed E-state index contributed by atoms with van der Waals surface area (Å²) in [4.78, 5) is 23.5. The molecular weight excluding hydrogens is 276 g/mol. The lowest BCUT2D eigenvalue weighted by Crippen LogP contribution is -2.23. The van der Waals surface area contributed by atoms with Gasteiger partial charge in [0, 0.05) is 26.6 Å². The first-order valence-corrected chi connectivity index (χ1v) is 7.11. The van der Waals surface area contributed by atoms with Crippen LogP contribution in [0.2, 0.25) is 0 Å². The average Bonchev–Trinajstić information content (AvgIpc) is 2.99. The van der Waals surface area contributed by atoms with Crippen molar-refractivity contribution in [2.45, 2.75) is 32.6 Å². The van der Waals surface area contributed by atoms with Crippen molar-refractivity contribution < 1.29 is 14.8 Å². The molecule has 8 nitrogen and oxygen atoms in total. The summed E-state index contributed by atoms with van der Waals surface area (Å²) in [5.74, 6) is 0.00332. The summed E-state index contributed by atoms with van der Waals surface area (Å²) in [6.07, 6.45) is 2.13. The molecule has 2 heterocycles. The number of rotatable bonds is 6. The van der Waals surface area contributed by atoms with Gasteiger partial charge in [-0.15, -0.1) is 0 Å². The van der Waals surface area contributed by atoms with Gasteiger partial charge in [0.1, 0.15) is 5.69 Å². The molecule has 1 fully saturated rings. The number of nitro groups is 1. The number of hydrogen-bond acceptors (Lipinski definition) is 5. The number of nitrogens with zero attached hydrogens (tertiary/aromatic N) is 4. The van der Waals surface area contributed by atoms with Gasteiger partial charge in [-0.05, 0) is 25.2 Å². The molecule has 2 rings (SSSR count). The molecule has 0 amide bonds. The molecular formula is C13H20N4O4. The minimum absolute atomic E-state index is 0.0823. The Morgan fingerprint density at radius 1 is 1.57 bits per heavy atom. The van der Waals surface area contributed by atoms with Crippen LogP contribution in [0.15, 0.2) is 0 Å². The Kier molecular flexibility index (Phi) is 4.44. The summed E-state index contributed by atoms with van der Waals surface area (Å²) in [6, 6.07) is 0. The van der Waals surface area contributed by atoms with Crippen LogP contribution in [0.5, 0.6) is 0 Å². The van der Waals surface area contributed by atoms with Gasteiger partial charge >= 0.3 is 11.7 Å². The van der Waals surface area contributed by atoms with Crippen LogP contribution in [-0.4, -0.2) is 38.9 Å². The van der Waals surface area contributed by atoms with Gasteiger partial charge in [-0.2, -0.15) is 5.10 Å². The van der Waals surface area contributed by atoms with Gasteiger partial charge < -0.3 is 10.0 Å². The zero-order chi connectivity index (χ0) is 15.6. The molecule has 116 valence electrons. The van der Waals surface area contributed by atoms with E-state index >= 15 is 0 Å². The fourth-order valence-corrected chi connectivity index (χ4v) is 2.93. The van der Waals surface area contributed by atoms with Crippen LogP contribution in [0.3, 0.4) is 0 Å². The van der Waals surface area contributed by atoms with Gasteiger partial charge in [0.05, 0.1) is 4.92 Å². The van der Waals surface area contributed by atoms with Gasteiger partial charge in [0.25, 0.3) is 0 Å². The van der Waals surface area contributed by atoms with E-state index in [2.05, 4.69) is 5.10 Å². The van der Waals surface area contributed by atoms with Crippen molar-refractivity contribution in [2.24, 2.45) is 13.0 Å². The summed E-state index contributed by atoms with van der Waals surface area (Å²) >= 11 is 0. The maximum Gasteiger partial charge on any atom is 0.334 e. The third-order valence-electron chi connectivity index (χ3n) is 3.93. The lowest BCUT2D eigenvalue weighted by Gasteiger charge is -2.17. The molecule has 0 aliphatic carbocycles. The van der Waals surface area contributed by atoms with Gasteiger partial charge in [0.15, 0.2) is 0 Å². The van der Waals surface area contributed by atoms with Crippen molar-refractivity contribution >= 4 is 17.5 Å². The van der Waals surface area contributed by atoms with Crippen LogP contribution in [0.1, 0.15) is 31.9 Å². The fraction of sp³-hybridized carbons (Fsp3) is 0.692. The number of aliphatic carboxylic acids is 1. The van der Waals surface area contributed by atoms with E-state index < -0.39 is 5.97 Å². The van der Waals surface area contributed by atoms with E-state index in [1.165, 1.54) is 0 Å². The van der Waals surface area contributed by atoms with Crippen LogP contribution in [0, 0.1) is 16.0 Å². The second kappa shape index (κ2) is 6.11. The standard InChI is InChI=1S/C13H20N4O4/c1-3-10-12(17(20)21)13(15(2)14-10)16-7-6-9(8-16)4-5-11(18)19/h9H,3-8H2,1-2H3,(H,18,19). The maximum absolute atomic E-state index is 11.3. The number of hydrogen-bond donors (Lipinski definition) is 1. The van der Waals surface area contributed by atoms with Crippen molar-refractivity contribution in [3.8, 4) is 0 Å². The monoisotopic (exact) mass is 296 g/mol. The topological polar surface area (TPSA) is 102 Å². The Hall–Kier alpha value is -2.12. The van der Waals surface area contributed by atoms with E-state index in [9.17, 15) is 14.9 Å². The molecule has 1 saturated heterocycles. The molecule has 8 heteroatoms. The highest BCUT2D eigenvalue weighted by Crippen LogP contribution is 2.35. The molecule has 1 unspecified atom stereocenters. The molecule has 1 aromatic heterocycles. The number of aromatic nitrogens is 2. The van der Waals surface area contributed by atoms with Crippen LogP contribution in [0.25, 0.3) is 0 Å². The van der Waals surface area contributed by atoms with Crippen molar-refractivity contribution in [3.05, 3.63) is 15.8 Å². The molecule has 0 saturated carbocycles. The first-order chi connectivity index (χ1) is 9.93. The second-order valence-corrected chi connectivity index (χ2v) is 5.39. The largest absolute Gasteiger partial charge is 0.481 e. The summed E-state index contributed by atoms with van der Waals surface area (Å²) in [5.41, 5.74) is 0.574. The molecule has 1 N–H and O–H groups in total. The highest BCUT2D eigenvalue weighted by molar-refractivity contribution is 5.66. The minimum Gasteiger partial charge on any atom is -0.481 e. The zero-order valence-electron chi connectivity index (χ0n) is 12.3. The van der Waals surface area contributed by atoms with Crippen molar-refractivity contribution in [1.29, 1.82) is 0 Å². The van der Waals surface area contributed by atoms with Crippen molar-refractivity contribution in [1.82, 2.24) is 9.78 Å². The molecule has 0 radical (unpaired) electrons. The van der Waals surface area contributed by atoms with E-state index in [-0.39, 0.29) is 22.9 Å². The fourth-order valence-electron chi connectivity index (χ4n) is 2.93. The summed E-state index contributed by atoms with van der Waals surface area (Å²) in [5, 5.41) is 24.3. The third-order valence-corrected chi connectivity index (χ3v) is 3.93. The van der Waals surface area contributed by atoms with Gasteiger partial charge in [-0.1, -0.05) is 6.92 Å². The third kappa shape index (κ3) is 3.14. The normalized spacial score (nSPS) is 18.2. The van der Waals surface area contributed by atoms with Crippen LogP contribution < -0.4 is 4.90 Å².